The third kappa shape index (κ3) is 12.2. The van der Waals surface area contributed by atoms with Crippen LogP contribution in [0.4, 0.5) is 0 Å². The van der Waals surface area contributed by atoms with Crippen molar-refractivity contribution in [1.82, 2.24) is 0 Å². The summed E-state index contributed by atoms with van der Waals surface area (Å²) in [6, 6.07) is 14.5. The van der Waals surface area contributed by atoms with Crippen molar-refractivity contribution < 1.29 is 38.1 Å². The highest BCUT2D eigenvalue weighted by Gasteiger charge is 2.43. The second kappa shape index (κ2) is 21.8. The van der Waals surface area contributed by atoms with Gasteiger partial charge in [-0.2, -0.15) is 0 Å². The molecule has 2 aliphatic rings. The van der Waals surface area contributed by atoms with E-state index in [1.54, 1.807) is 38.1 Å². The molecule has 0 aromatic heterocycles. The van der Waals surface area contributed by atoms with E-state index in [9.17, 15) is 19.2 Å². The van der Waals surface area contributed by atoms with E-state index in [4.69, 9.17) is 18.9 Å². The van der Waals surface area contributed by atoms with E-state index in [2.05, 4.69) is 13.8 Å². The van der Waals surface area contributed by atoms with Crippen LogP contribution in [0.15, 0.2) is 48.5 Å². The molecule has 2 aliphatic carbocycles. The van der Waals surface area contributed by atoms with E-state index in [1.807, 2.05) is 24.3 Å². The minimum Gasteiger partial charge on any atom is -0.463 e. The van der Waals surface area contributed by atoms with Crippen molar-refractivity contribution in [2.45, 2.75) is 154 Å². The van der Waals surface area contributed by atoms with Gasteiger partial charge < -0.3 is 18.9 Å². The number of carbonyl (C=O) groups is 4. The summed E-state index contributed by atoms with van der Waals surface area (Å²) >= 11 is 0. The quantitative estimate of drug-likeness (QED) is 0.0803. The Morgan fingerprint density at radius 1 is 0.519 bits per heavy atom. The summed E-state index contributed by atoms with van der Waals surface area (Å²) in [5.74, 6) is -1.20. The van der Waals surface area contributed by atoms with Crippen LogP contribution in [0.1, 0.15) is 174 Å². The minimum atomic E-state index is -1.86. The molecular weight excluding hydrogens is 656 g/mol. The number of hydrogen-bond acceptors (Lipinski definition) is 8. The lowest BCUT2D eigenvalue weighted by Crippen LogP contribution is -2.47. The minimum absolute atomic E-state index is 0.0337. The predicted octanol–water partition coefficient (Wildman–Crippen LogP) is 10.3. The summed E-state index contributed by atoms with van der Waals surface area (Å²) in [5.41, 5.74) is 2.77. The van der Waals surface area contributed by atoms with Gasteiger partial charge in [-0.3, -0.25) is 0 Å². The topological polar surface area (TPSA) is 105 Å². The summed E-state index contributed by atoms with van der Waals surface area (Å²) in [7, 11) is 0. The van der Waals surface area contributed by atoms with Gasteiger partial charge in [0.05, 0.1) is 24.3 Å². The molecule has 0 aliphatic heterocycles. The van der Waals surface area contributed by atoms with E-state index in [0.29, 0.717) is 11.8 Å². The van der Waals surface area contributed by atoms with Crippen molar-refractivity contribution in [3.63, 3.8) is 0 Å². The lowest BCUT2D eigenvalue weighted by Gasteiger charge is -2.29. The van der Waals surface area contributed by atoms with Gasteiger partial charge >= 0.3 is 23.9 Å². The predicted molar refractivity (Wildman–Crippen MR) is 202 cm³/mol. The molecule has 0 bridgehead atoms. The van der Waals surface area contributed by atoms with Crippen LogP contribution in [0, 0.1) is 11.8 Å². The van der Waals surface area contributed by atoms with E-state index < -0.39 is 36.1 Å². The highest BCUT2D eigenvalue weighted by Crippen LogP contribution is 2.39. The molecule has 0 N–H and O–H groups in total. The molecule has 0 spiro atoms. The number of ether oxygens (including phenoxy) is 4. The normalized spacial score (nSPS) is 21.4. The number of carbonyl (C=O) groups excluding carboxylic acids is 4. The smallest absolute Gasteiger partial charge is 0.352 e. The maximum atomic E-state index is 13.4. The zero-order valence-corrected chi connectivity index (χ0v) is 32.1. The van der Waals surface area contributed by atoms with E-state index in [1.165, 1.54) is 88.2 Å². The van der Waals surface area contributed by atoms with E-state index in [0.717, 1.165) is 37.5 Å². The lowest BCUT2D eigenvalue weighted by molar-refractivity contribution is -0.173. The van der Waals surface area contributed by atoms with E-state index in [-0.39, 0.29) is 24.3 Å². The molecule has 0 unspecified atom stereocenters. The van der Waals surface area contributed by atoms with Gasteiger partial charge in [-0.05, 0) is 124 Å². The molecule has 286 valence electrons. The second-order valence-corrected chi connectivity index (χ2v) is 14.8. The zero-order chi connectivity index (χ0) is 37.3. The van der Waals surface area contributed by atoms with Gasteiger partial charge in [0.15, 0.2) is 0 Å². The first-order chi connectivity index (χ1) is 25.3. The summed E-state index contributed by atoms with van der Waals surface area (Å²) in [4.78, 5) is 53.2. The highest BCUT2D eigenvalue weighted by molar-refractivity contribution is 5.96. The van der Waals surface area contributed by atoms with Crippen molar-refractivity contribution >= 4 is 23.9 Å². The molecule has 0 radical (unpaired) electrons. The van der Waals surface area contributed by atoms with Crippen molar-refractivity contribution in [2.75, 3.05) is 13.2 Å². The van der Waals surface area contributed by atoms with Gasteiger partial charge in [-0.15, -0.1) is 0 Å². The third-order valence-electron chi connectivity index (χ3n) is 11.1. The number of rotatable bonds is 19. The molecule has 8 heteroatoms. The van der Waals surface area contributed by atoms with Crippen molar-refractivity contribution in [1.29, 1.82) is 0 Å². The average Bonchev–Trinajstić information content (AvgIpc) is 3.17. The molecule has 2 saturated carbocycles. The monoisotopic (exact) mass is 718 g/mol. The largest absolute Gasteiger partial charge is 0.463 e. The fourth-order valence-corrected chi connectivity index (χ4v) is 8.00. The lowest BCUT2D eigenvalue weighted by atomic mass is 9.77. The van der Waals surface area contributed by atoms with Crippen LogP contribution in [-0.2, 0) is 28.5 Å². The molecule has 4 rings (SSSR count). The fraction of sp³-hybridized carbons (Fsp3) is 0.636. The highest BCUT2D eigenvalue weighted by atomic mass is 16.6. The standard InChI is InChI=1S/C44H62O8/c1-5-9-11-13-31-15-19-33(20-16-31)35-23-27-37(28-24-35)41(45)51-39(43(47)49-7-3)40(44(48)50-8-4)52-42(46)38-29-25-36(26-30-38)34-21-17-32(18-22-34)14-12-10-6-2/h23-34,39-40H,5-22H2,1-4H3/t31?,32?,33?,34?,39-,40-/m1/s1. The number of benzene rings is 2. The molecule has 2 aromatic rings. The van der Waals surface area contributed by atoms with Crippen LogP contribution in [0.25, 0.3) is 0 Å². The maximum Gasteiger partial charge on any atom is 0.352 e. The number of unbranched alkanes of at least 4 members (excludes halogenated alkanes) is 4. The molecular formula is C44H62O8. The molecule has 0 heterocycles. The maximum absolute atomic E-state index is 13.4. The third-order valence-corrected chi connectivity index (χ3v) is 11.1. The number of esters is 4. The van der Waals surface area contributed by atoms with Crippen molar-refractivity contribution in [3.05, 3.63) is 70.8 Å². The Kier molecular flexibility index (Phi) is 17.2. The Morgan fingerprint density at radius 3 is 1.17 bits per heavy atom. The van der Waals surface area contributed by atoms with Gasteiger partial charge in [-0.25, -0.2) is 19.2 Å². The number of hydrogen-bond donors (Lipinski definition) is 0. The second-order valence-electron chi connectivity index (χ2n) is 14.8. The Labute approximate surface area is 311 Å². The SMILES string of the molecule is CCCCCC1CCC(c2ccc(C(=O)O[C@@H](C(=O)OCC)[C@@H](OC(=O)c3ccc(C4CCC(CCCCC)CC4)cc3)C(=O)OCC)cc2)CC1. The van der Waals surface area contributed by atoms with Gasteiger partial charge in [-0.1, -0.05) is 89.5 Å². The first-order valence-corrected chi connectivity index (χ1v) is 20.2. The molecule has 52 heavy (non-hydrogen) atoms. The Bertz CT molecular complexity index is 1280. The van der Waals surface area contributed by atoms with Gasteiger partial charge in [0.25, 0.3) is 0 Å². The van der Waals surface area contributed by atoms with E-state index >= 15 is 0 Å². The average molecular weight is 719 g/mol. The van der Waals surface area contributed by atoms with Crippen LogP contribution in [0.3, 0.4) is 0 Å². The van der Waals surface area contributed by atoms with Crippen LogP contribution in [0.5, 0.6) is 0 Å². The molecule has 2 aromatic carbocycles. The van der Waals surface area contributed by atoms with Gasteiger partial charge in [0.1, 0.15) is 0 Å². The van der Waals surface area contributed by atoms with Crippen LogP contribution in [0.2, 0.25) is 0 Å². The Hall–Kier alpha value is -3.68. The zero-order valence-electron chi connectivity index (χ0n) is 32.1. The Morgan fingerprint density at radius 2 is 0.865 bits per heavy atom. The van der Waals surface area contributed by atoms with Crippen LogP contribution < -0.4 is 0 Å². The van der Waals surface area contributed by atoms with Crippen LogP contribution >= 0.6 is 0 Å². The Balaban J connectivity index is 1.40. The fourth-order valence-electron chi connectivity index (χ4n) is 8.00. The molecule has 2 fully saturated rings. The van der Waals surface area contributed by atoms with Gasteiger partial charge in [0.2, 0.25) is 12.2 Å². The summed E-state index contributed by atoms with van der Waals surface area (Å²) < 4.78 is 21.6. The van der Waals surface area contributed by atoms with Crippen molar-refractivity contribution in [2.24, 2.45) is 11.8 Å². The summed E-state index contributed by atoms with van der Waals surface area (Å²) in [6.45, 7) is 7.60. The molecule has 0 amide bonds. The molecule has 8 nitrogen and oxygen atoms in total. The first-order valence-electron chi connectivity index (χ1n) is 20.2. The van der Waals surface area contributed by atoms with Gasteiger partial charge in [0, 0.05) is 0 Å². The summed E-state index contributed by atoms with van der Waals surface area (Å²) in [6.07, 6.45) is 16.0. The molecule has 0 saturated heterocycles. The summed E-state index contributed by atoms with van der Waals surface area (Å²) in [5, 5.41) is 0. The molecule has 2 atom stereocenters. The first kappa shape index (κ1) is 41.1. The van der Waals surface area contributed by atoms with Crippen LogP contribution in [-0.4, -0.2) is 49.3 Å². The van der Waals surface area contributed by atoms with Crippen molar-refractivity contribution in [3.8, 4) is 0 Å².